The van der Waals surface area contributed by atoms with E-state index >= 15 is 0 Å². The van der Waals surface area contributed by atoms with Crippen molar-refractivity contribution in [3.8, 4) is 17.6 Å². The Morgan fingerprint density at radius 2 is 1.88 bits per heavy atom. The number of carboxylic acids is 1. The minimum Gasteiger partial charge on any atom is -0.494 e. The number of esters is 1. The SMILES string of the molecule is N#CCCCOc1cccc(C(=O)Oc2ccc(/C=C/C(=O)O)cc2)c1. The number of carboxylic acid groups (broad SMARTS) is 1. The number of unbranched alkanes of at least 4 members (excludes halogenated alkanes) is 1. The van der Waals surface area contributed by atoms with Gasteiger partial charge in [0.15, 0.2) is 0 Å². The van der Waals surface area contributed by atoms with Crippen LogP contribution in [0.25, 0.3) is 6.08 Å². The topological polar surface area (TPSA) is 96.6 Å². The van der Waals surface area contributed by atoms with Crippen molar-refractivity contribution < 1.29 is 24.2 Å². The van der Waals surface area contributed by atoms with Crippen molar-refractivity contribution in [1.29, 1.82) is 5.26 Å². The minimum atomic E-state index is -1.03. The van der Waals surface area contributed by atoms with E-state index in [1.807, 2.05) is 6.07 Å². The molecule has 2 aromatic carbocycles. The molecule has 2 rings (SSSR count). The largest absolute Gasteiger partial charge is 0.494 e. The summed E-state index contributed by atoms with van der Waals surface area (Å²) in [5.74, 6) is -0.675. The van der Waals surface area contributed by atoms with E-state index in [-0.39, 0.29) is 0 Å². The number of carbonyl (C=O) groups is 2. The third-order valence-corrected chi connectivity index (χ3v) is 3.28. The molecule has 0 radical (unpaired) electrons. The summed E-state index contributed by atoms with van der Waals surface area (Å²) in [6.07, 6.45) is 3.51. The molecule has 6 heteroatoms. The molecular formula is C20H17NO5. The quantitative estimate of drug-likeness (QED) is 0.337. The van der Waals surface area contributed by atoms with Crippen LogP contribution in [-0.2, 0) is 4.79 Å². The van der Waals surface area contributed by atoms with Gasteiger partial charge in [-0.2, -0.15) is 5.26 Å². The first-order valence-corrected chi connectivity index (χ1v) is 7.91. The van der Waals surface area contributed by atoms with Crippen molar-refractivity contribution >= 4 is 18.0 Å². The standard InChI is InChI=1S/C20H17NO5/c21-12-1-2-13-25-18-5-3-4-16(14-18)20(24)26-17-9-6-15(7-10-17)8-11-19(22)23/h3-11,14H,1-2,13H2,(H,22,23)/b11-8+. The van der Waals surface area contributed by atoms with E-state index < -0.39 is 11.9 Å². The van der Waals surface area contributed by atoms with Crippen LogP contribution in [0.2, 0.25) is 0 Å². The minimum absolute atomic E-state index is 0.345. The van der Waals surface area contributed by atoms with Gasteiger partial charge < -0.3 is 14.6 Å². The molecule has 0 spiro atoms. The molecule has 0 atom stereocenters. The van der Waals surface area contributed by atoms with Crippen LogP contribution in [-0.4, -0.2) is 23.7 Å². The van der Waals surface area contributed by atoms with Crippen molar-refractivity contribution in [3.63, 3.8) is 0 Å². The summed E-state index contributed by atoms with van der Waals surface area (Å²) in [6.45, 7) is 0.400. The molecule has 132 valence electrons. The highest BCUT2D eigenvalue weighted by Gasteiger charge is 2.09. The van der Waals surface area contributed by atoms with Gasteiger partial charge in [0.2, 0.25) is 0 Å². The molecule has 0 aromatic heterocycles. The molecular weight excluding hydrogens is 334 g/mol. The number of benzene rings is 2. The maximum Gasteiger partial charge on any atom is 0.343 e. The predicted octanol–water partition coefficient (Wildman–Crippen LogP) is 3.69. The van der Waals surface area contributed by atoms with E-state index in [0.717, 1.165) is 6.08 Å². The van der Waals surface area contributed by atoms with Crippen molar-refractivity contribution in [2.45, 2.75) is 12.8 Å². The van der Waals surface area contributed by atoms with Crippen molar-refractivity contribution in [1.82, 2.24) is 0 Å². The third-order valence-electron chi connectivity index (χ3n) is 3.28. The number of nitriles is 1. The van der Waals surface area contributed by atoms with Crippen LogP contribution in [0.5, 0.6) is 11.5 Å². The molecule has 0 unspecified atom stereocenters. The van der Waals surface area contributed by atoms with Crippen LogP contribution >= 0.6 is 0 Å². The number of hydrogen-bond donors (Lipinski definition) is 1. The molecule has 0 saturated carbocycles. The van der Waals surface area contributed by atoms with Crippen LogP contribution in [0.3, 0.4) is 0 Å². The lowest BCUT2D eigenvalue weighted by molar-refractivity contribution is -0.131. The Morgan fingerprint density at radius 3 is 2.58 bits per heavy atom. The van der Waals surface area contributed by atoms with E-state index in [1.165, 1.54) is 6.08 Å². The highest BCUT2D eigenvalue weighted by atomic mass is 16.5. The van der Waals surface area contributed by atoms with Gasteiger partial charge >= 0.3 is 11.9 Å². The fourth-order valence-corrected chi connectivity index (χ4v) is 2.03. The van der Waals surface area contributed by atoms with Gasteiger partial charge in [-0.3, -0.25) is 0 Å². The smallest absolute Gasteiger partial charge is 0.343 e. The lowest BCUT2D eigenvalue weighted by Crippen LogP contribution is -2.08. The summed E-state index contributed by atoms with van der Waals surface area (Å²) in [6, 6.07) is 15.1. The van der Waals surface area contributed by atoms with Gasteiger partial charge in [0.05, 0.1) is 18.2 Å². The van der Waals surface area contributed by atoms with Gasteiger partial charge in [0.1, 0.15) is 11.5 Å². The monoisotopic (exact) mass is 351 g/mol. The number of carbonyl (C=O) groups excluding carboxylic acids is 1. The summed E-state index contributed by atoms with van der Waals surface area (Å²) in [7, 11) is 0. The average Bonchev–Trinajstić information content (AvgIpc) is 2.65. The first kappa shape index (κ1) is 18.7. The Bertz CT molecular complexity index is 834. The van der Waals surface area contributed by atoms with Gasteiger partial charge in [0.25, 0.3) is 0 Å². The second-order valence-corrected chi connectivity index (χ2v) is 5.27. The maximum atomic E-state index is 12.2. The molecule has 0 aliphatic rings. The Hall–Kier alpha value is -3.59. The second-order valence-electron chi connectivity index (χ2n) is 5.27. The van der Waals surface area contributed by atoms with Crippen LogP contribution in [0.4, 0.5) is 0 Å². The molecule has 1 N–H and O–H groups in total. The highest BCUT2D eigenvalue weighted by Crippen LogP contribution is 2.18. The fourth-order valence-electron chi connectivity index (χ4n) is 2.03. The zero-order valence-electron chi connectivity index (χ0n) is 13.9. The van der Waals surface area contributed by atoms with Crippen LogP contribution < -0.4 is 9.47 Å². The summed E-state index contributed by atoms with van der Waals surface area (Å²) in [5, 5.41) is 17.1. The predicted molar refractivity (Wildman–Crippen MR) is 94.9 cm³/mol. The van der Waals surface area contributed by atoms with Crippen molar-refractivity contribution in [2.75, 3.05) is 6.61 Å². The summed E-state index contributed by atoms with van der Waals surface area (Å²) < 4.78 is 10.8. The van der Waals surface area contributed by atoms with Crippen LogP contribution in [0.1, 0.15) is 28.8 Å². The zero-order chi connectivity index (χ0) is 18.8. The molecule has 0 saturated heterocycles. The Labute approximate surface area is 150 Å². The molecule has 0 bridgehead atoms. The number of ether oxygens (including phenoxy) is 2. The Balaban J connectivity index is 1.97. The number of aliphatic carboxylic acids is 1. The van der Waals surface area contributed by atoms with E-state index in [1.54, 1.807) is 48.5 Å². The van der Waals surface area contributed by atoms with E-state index in [2.05, 4.69) is 0 Å². The molecule has 26 heavy (non-hydrogen) atoms. The second kappa shape index (κ2) is 9.64. The molecule has 0 amide bonds. The van der Waals surface area contributed by atoms with Gasteiger partial charge in [-0.05, 0) is 48.4 Å². The first-order chi connectivity index (χ1) is 12.6. The third kappa shape index (κ3) is 6.13. The summed E-state index contributed by atoms with van der Waals surface area (Å²) >= 11 is 0. The zero-order valence-corrected chi connectivity index (χ0v) is 13.9. The van der Waals surface area contributed by atoms with Gasteiger partial charge in [-0.25, -0.2) is 9.59 Å². The lowest BCUT2D eigenvalue weighted by Gasteiger charge is -2.08. The van der Waals surface area contributed by atoms with Gasteiger partial charge in [-0.1, -0.05) is 18.2 Å². The number of nitrogens with zero attached hydrogens (tertiary/aromatic N) is 1. The van der Waals surface area contributed by atoms with E-state index in [9.17, 15) is 9.59 Å². The molecule has 0 aliphatic carbocycles. The molecule has 2 aromatic rings. The molecule has 0 aliphatic heterocycles. The van der Waals surface area contributed by atoms with Gasteiger partial charge in [-0.15, -0.1) is 0 Å². The van der Waals surface area contributed by atoms with E-state index in [4.69, 9.17) is 19.8 Å². The number of hydrogen-bond acceptors (Lipinski definition) is 5. The van der Waals surface area contributed by atoms with Crippen LogP contribution in [0.15, 0.2) is 54.6 Å². The number of rotatable bonds is 8. The lowest BCUT2D eigenvalue weighted by atomic mass is 10.2. The van der Waals surface area contributed by atoms with E-state index in [0.29, 0.717) is 42.1 Å². The normalized spacial score (nSPS) is 10.3. The Kier molecular flexibility index (Phi) is 6.95. The first-order valence-electron chi connectivity index (χ1n) is 7.91. The van der Waals surface area contributed by atoms with Crippen LogP contribution in [0, 0.1) is 11.3 Å². The van der Waals surface area contributed by atoms with Crippen molar-refractivity contribution in [3.05, 3.63) is 65.7 Å². The van der Waals surface area contributed by atoms with Gasteiger partial charge in [0, 0.05) is 12.5 Å². The van der Waals surface area contributed by atoms with Crippen molar-refractivity contribution in [2.24, 2.45) is 0 Å². The highest BCUT2D eigenvalue weighted by molar-refractivity contribution is 5.91. The molecule has 6 nitrogen and oxygen atoms in total. The summed E-state index contributed by atoms with van der Waals surface area (Å²) in [4.78, 5) is 22.7. The molecule has 0 heterocycles. The average molecular weight is 351 g/mol. The maximum absolute atomic E-state index is 12.2. The summed E-state index contributed by atoms with van der Waals surface area (Å²) in [5.41, 5.74) is 1.03. The molecule has 0 fully saturated rings. The Morgan fingerprint density at radius 1 is 1.12 bits per heavy atom. The fraction of sp³-hybridized carbons (Fsp3) is 0.150.